The molecule has 7 atom stereocenters. The average molecular weight is 608 g/mol. The number of aromatic hydroxyl groups is 1. The van der Waals surface area contributed by atoms with Gasteiger partial charge in [0.1, 0.15) is 11.7 Å². The number of ketones is 3. The zero-order valence-electron chi connectivity index (χ0n) is 24.9. The van der Waals surface area contributed by atoms with Crippen LogP contribution in [0.2, 0.25) is 0 Å². The Morgan fingerprint density at radius 3 is 2.34 bits per heavy atom. The number of likely N-dealkylation sites (N-methyl/N-ethyl adjacent to an activating group) is 1. The number of amides is 2. The van der Waals surface area contributed by atoms with Gasteiger partial charge in [0.25, 0.3) is 0 Å². The highest BCUT2D eigenvalue weighted by Crippen LogP contribution is 2.52. The first-order chi connectivity index (χ1) is 20.7. The van der Waals surface area contributed by atoms with Gasteiger partial charge in [0.05, 0.1) is 24.2 Å². The summed E-state index contributed by atoms with van der Waals surface area (Å²) in [4.78, 5) is 67.2. The van der Waals surface area contributed by atoms with Gasteiger partial charge in [-0.2, -0.15) is 0 Å². The van der Waals surface area contributed by atoms with Crippen molar-refractivity contribution in [3.8, 4) is 16.9 Å². The highest BCUT2D eigenvalue weighted by Gasteiger charge is 2.69. The zero-order chi connectivity index (χ0) is 32.2. The van der Waals surface area contributed by atoms with Gasteiger partial charge in [-0.25, -0.2) is 4.79 Å². The zero-order valence-corrected chi connectivity index (χ0v) is 24.9. The van der Waals surface area contributed by atoms with Crippen LogP contribution in [0, 0.1) is 29.6 Å². The number of primary amides is 1. The minimum atomic E-state index is -2.71. The maximum Gasteiger partial charge on any atom is 0.411 e. The summed E-state index contributed by atoms with van der Waals surface area (Å²) in [6.07, 6.45) is -1.97. The van der Waals surface area contributed by atoms with E-state index >= 15 is 0 Å². The molecule has 12 heteroatoms. The third kappa shape index (κ3) is 4.96. The molecule has 12 nitrogen and oxygen atoms in total. The number of phenols is 1. The molecule has 0 aromatic heterocycles. The van der Waals surface area contributed by atoms with E-state index in [0.29, 0.717) is 22.4 Å². The van der Waals surface area contributed by atoms with E-state index in [1.165, 1.54) is 6.07 Å². The number of aliphatic hydroxyl groups excluding tert-OH is 1. The number of hydrogen-bond donors (Lipinski definition) is 5. The predicted octanol–water partition coefficient (Wildman–Crippen LogP) is 1.53. The maximum atomic E-state index is 14.0. The lowest BCUT2D eigenvalue weighted by Crippen LogP contribution is -2.75. The van der Waals surface area contributed by atoms with E-state index < -0.39 is 70.8 Å². The summed E-state index contributed by atoms with van der Waals surface area (Å²) in [5, 5.41) is 36.2. The Balaban J connectivity index is 1.51. The molecule has 2 fully saturated rings. The number of carbonyl (C=O) groups excluding carboxylic acids is 5. The van der Waals surface area contributed by atoms with Gasteiger partial charge in [-0.1, -0.05) is 32.0 Å². The van der Waals surface area contributed by atoms with E-state index in [-0.39, 0.29) is 36.7 Å². The molecule has 2 aromatic rings. The lowest BCUT2D eigenvalue weighted by atomic mass is 9.52. The minimum Gasteiger partial charge on any atom is -0.507 e. The summed E-state index contributed by atoms with van der Waals surface area (Å²) < 4.78 is 5.16. The van der Waals surface area contributed by atoms with Crippen LogP contribution in [-0.2, 0) is 25.5 Å². The van der Waals surface area contributed by atoms with Gasteiger partial charge in [0, 0.05) is 17.6 Å². The summed E-state index contributed by atoms with van der Waals surface area (Å²) >= 11 is 0. The van der Waals surface area contributed by atoms with Crippen molar-refractivity contribution in [3.05, 3.63) is 47.5 Å². The van der Waals surface area contributed by atoms with Crippen LogP contribution in [0.1, 0.15) is 36.2 Å². The molecule has 5 rings (SSSR count). The van der Waals surface area contributed by atoms with Gasteiger partial charge in [-0.05, 0) is 73.7 Å². The minimum absolute atomic E-state index is 0.0195. The van der Waals surface area contributed by atoms with E-state index in [0.717, 1.165) is 0 Å². The number of nitrogens with zero attached hydrogens (tertiary/aromatic N) is 1. The normalized spacial score (nSPS) is 29.6. The Morgan fingerprint density at radius 1 is 1.09 bits per heavy atom. The van der Waals surface area contributed by atoms with Crippen LogP contribution in [0.4, 0.5) is 10.5 Å². The molecule has 2 aromatic carbocycles. The van der Waals surface area contributed by atoms with Crippen molar-refractivity contribution in [1.82, 2.24) is 4.90 Å². The first-order valence-electron chi connectivity index (χ1n) is 14.6. The first-order valence-corrected chi connectivity index (χ1v) is 14.6. The number of aliphatic hydroxyl groups is 2. The molecule has 3 unspecified atom stereocenters. The Labute approximate surface area is 254 Å². The lowest BCUT2D eigenvalue weighted by Gasteiger charge is -2.54. The molecule has 3 aliphatic rings. The molecule has 0 spiro atoms. The van der Waals surface area contributed by atoms with E-state index in [9.17, 15) is 39.3 Å². The standard InChI is InChI=1S/C32H37N3O9/c1-14(2)13-44-31(42)34-17-7-5-15(6-8-17)18-9-10-21(36)23-19(18)11-16-12-20-25(35(3)4)27(38)24(30(33)41)29(40)32(20,43)28(39)22(16)26(23)37/h5-10,14,16,20,22,24-25,27,36,38,43H,11-13H2,1-4H3,(H2,33,41)(H,34,42)/t16-,20-,22?,24?,25-,27?,32-/m1/s1. The van der Waals surface area contributed by atoms with Crippen molar-refractivity contribution in [2.45, 2.75) is 44.4 Å². The van der Waals surface area contributed by atoms with Crippen LogP contribution in [-0.4, -0.2) is 88.0 Å². The fraction of sp³-hybridized carbons (Fsp3) is 0.469. The molecule has 44 heavy (non-hydrogen) atoms. The number of anilines is 1. The topological polar surface area (TPSA) is 197 Å². The first kappa shape index (κ1) is 31.3. The predicted molar refractivity (Wildman–Crippen MR) is 158 cm³/mol. The van der Waals surface area contributed by atoms with Gasteiger partial charge in [-0.15, -0.1) is 0 Å². The Bertz CT molecular complexity index is 1540. The second kappa shape index (κ2) is 11.4. The summed E-state index contributed by atoms with van der Waals surface area (Å²) in [6.45, 7) is 4.12. The number of phenolic OH excluding ortho intramolecular Hbond substituents is 1. The molecule has 234 valence electrons. The van der Waals surface area contributed by atoms with Gasteiger partial charge >= 0.3 is 6.09 Å². The van der Waals surface area contributed by atoms with Gasteiger partial charge in [0.2, 0.25) is 5.91 Å². The van der Waals surface area contributed by atoms with Crippen LogP contribution < -0.4 is 11.1 Å². The maximum absolute atomic E-state index is 14.0. The summed E-state index contributed by atoms with van der Waals surface area (Å²) in [5.41, 5.74) is 4.95. The van der Waals surface area contributed by atoms with E-state index in [1.807, 2.05) is 13.8 Å². The van der Waals surface area contributed by atoms with Crippen LogP contribution in [0.5, 0.6) is 5.75 Å². The molecular weight excluding hydrogens is 570 g/mol. The SMILES string of the molecule is CC(C)COC(=O)Nc1ccc(-c2ccc(O)c3c2C[C@@H]2C[C@@H]4[C@@H](N(C)C)C(O)C(C(N)=O)C(=O)[C@]4(O)C(=O)C2C3=O)cc1. The van der Waals surface area contributed by atoms with Crippen molar-refractivity contribution in [2.24, 2.45) is 35.3 Å². The fourth-order valence-corrected chi connectivity index (χ4v) is 7.22. The summed E-state index contributed by atoms with van der Waals surface area (Å²) in [6, 6.07) is 8.87. The molecule has 0 heterocycles. The van der Waals surface area contributed by atoms with Crippen molar-refractivity contribution in [1.29, 1.82) is 0 Å². The van der Waals surface area contributed by atoms with Crippen molar-refractivity contribution >= 4 is 35.0 Å². The third-order valence-electron chi connectivity index (χ3n) is 9.16. The Hall–Kier alpha value is -4.13. The number of hydrogen-bond acceptors (Lipinski definition) is 10. The fourth-order valence-electron chi connectivity index (χ4n) is 7.22. The largest absolute Gasteiger partial charge is 0.507 e. The molecule has 6 N–H and O–H groups in total. The highest BCUT2D eigenvalue weighted by molar-refractivity contribution is 6.25. The number of fused-ring (bicyclic) bond motifs is 3. The molecule has 2 amide bonds. The van der Waals surface area contributed by atoms with Crippen molar-refractivity contribution in [2.75, 3.05) is 26.0 Å². The monoisotopic (exact) mass is 607 g/mol. The van der Waals surface area contributed by atoms with Gasteiger partial charge in [-0.3, -0.25) is 24.5 Å². The van der Waals surface area contributed by atoms with Crippen molar-refractivity contribution < 1.29 is 44.0 Å². The van der Waals surface area contributed by atoms with Crippen LogP contribution in [0.3, 0.4) is 0 Å². The molecule has 0 saturated heterocycles. The van der Waals surface area contributed by atoms with Crippen LogP contribution in [0.15, 0.2) is 36.4 Å². The van der Waals surface area contributed by atoms with E-state index in [1.54, 1.807) is 49.3 Å². The molecule has 3 aliphatic carbocycles. The van der Waals surface area contributed by atoms with Crippen LogP contribution in [0.25, 0.3) is 11.1 Å². The van der Waals surface area contributed by atoms with Gasteiger partial charge < -0.3 is 30.7 Å². The van der Waals surface area contributed by atoms with Crippen molar-refractivity contribution in [3.63, 3.8) is 0 Å². The molecule has 0 aliphatic heterocycles. The number of rotatable bonds is 6. The molecular formula is C32H37N3O9. The van der Waals surface area contributed by atoms with E-state index in [2.05, 4.69) is 5.32 Å². The van der Waals surface area contributed by atoms with E-state index in [4.69, 9.17) is 10.5 Å². The second-order valence-corrected chi connectivity index (χ2v) is 12.6. The Morgan fingerprint density at radius 2 is 1.75 bits per heavy atom. The lowest BCUT2D eigenvalue weighted by molar-refractivity contribution is -0.190. The molecule has 2 saturated carbocycles. The number of nitrogens with one attached hydrogen (secondary N) is 1. The number of carbonyl (C=O) groups is 5. The summed E-state index contributed by atoms with van der Waals surface area (Å²) in [5.74, 6) is -9.35. The number of benzene rings is 2. The van der Waals surface area contributed by atoms with Gasteiger partial charge in [0.15, 0.2) is 23.0 Å². The number of nitrogens with two attached hydrogens (primary N) is 1. The number of Topliss-reactive ketones (excluding diaryl/α,β-unsaturated/α-hetero) is 3. The van der Waals surface area contributed by atoms with Crippen LogP contribution >= 0.6 is 0 Å². The quantitative estimate of drug-likeness (QED) is 0.300. The summed E-state index contributed by atoms with van der Waals surface area (Å²) in [7, 11) is 3.19. The second-order valence-electron chi connectivity index (χ2n) is 12.6. The number of ether oxygens (including phenoxy) is 1. The smallest absolute Gasteiger partial charge is 0.411 e. The average Bonchev–Trinajstić information content (AvgIpc) is 2.94. The molecule has 0 bridgehead atoms. The molecule has 0 radical (unpaired) electrons. The third-order valence-corrected chi connectivity index (χ3v) is 9.16. The Kier molecular flexibility index (Phi) is 8.12. The highest BCUT2D eigenvalue weighted by atomic mass is 16.5.